The lowest BCUT2D eigenvalue weighted by Crippen LogP contribution is -2.21. The van der Waals surface area contributed by atoms with Crippen molar-refractivity contribution in [2.24, 2.45) is 0 Å². The fourth-order valence-electron chi connectivity index (χ4n) is 1.56. The molecule has 0 aliphatic rings. The van der Waals surface area contributed by atoms with Crippen molar-refractivity contribution in [3.63, 3.8) is 0 Å². The summed E-state index contributed by atoms with van der Waals surface area (Å²) in [5.74, 6) is 2.90. The Morgan fingerprint density at radius 2 is 1.79 bits per heavy atom. The number of benzene rings is 1. The monoisotopic (exact) mass is 279 g/mol. The minimum atomic E-state index is -3.49. The molecule has 0 amide bonds. The quantitative estimate of drug-likeness (QED) is 0.472. The van der Waals surface area contributed by atoms with Crippen LogP contribution in [0.4, 0.5) is 0 Å². The molecule has 0 heterocycles. The third-order valence-corrected chi connectivity index (χ3v) is 4.50. The van der Waals surface area contributed by atoms with Crippen LogP contribution in [0.2, 0.25) is 0 Å². The van der Waals surface area contributed by atoms with Gasteiger partial charge in [0.1, 0.15) is 0 Å². The molecule has 0 atom stereocenters. The number of nitrogens with zero attached hydrogens (tertiary/aromatic N) is 1. The summed E-state index contributed by atoms with van der Waals surface area (Å²) in [4.78, 5) is 0.281. The van der Waals surface area contributed by atoms with E-state index in [0.29, 0.717) is 0 Å². The number of sulfonamides is 1. The van der Waals surface area contributed by atoms with Crippen LogP contribution in [0.3, 0.4) is 0 Å². The average molecular weight is 279 g/mol. The predicted octanol–water partition coefficient (Wildman–Crippen LogP) is 3.16. The van der Waals surface area contributed by atoms with Gasteiger partial charge in [-0.15, -0.1) is 0 Å². The topological polar surface area (TPSA) is 37.4 Å². The lowest BCUT2D eigenvalue weighted by Gasteiger charge is -2.12. The van der Waals surface area contributed by atoms with E-state index in [0.717, 1.165) is 35.6 Å². The van der Waals surface area contributed by atoms with E-state index in [9.17, 15) is 8.42 Å². The summed E-state index contributed by atoms with van der Waals surface area (Å²) in [6.07, 6.45) is 4.02. The smallest absolute Gasteiger partial charge is 0.228 e. The summed E-state index contributed by atoms with van der Waals surface area (Å²) < 4.78 is 25.5. The molecule has 0 spiro atoms. The molecule has 0 aromatic heterocycles. The SMILES string of the molecule is CCCCCC#CN(C)S(=O)(=O)c1ccc(C)cc1. The summed E-state index contributed by atoms with van der Waals surface area (Å²) >= 11 is 0. The molecule has 0 saturated carbocycles. The normalized spacial score (nSPS) is 10.7. The van der Waals surface area contributed by atoms with E-state index >= 15 is 0 Å². The lowest BCUT2D eigenvalue weighted by molar-refractivity contribution is 0.546. The minimum absolute atomic E-state index is 0.281. The molecule has 0 aliphatic carbocycles. The van der Waals surface area contributed by atoms with Crippen molar-refractivity contribution in [1.29, 1.82) is 0 Å². The Bertz CT molecular complexity index is 550. The molecule has 4 heteroatoms. The van der Waals surface area contributed by atoms with E-state index < -0.39 is 10.0 Å². The highest BCUT2D eigenvalue weighted by molar-refractivity contribution is 7.89. The standard InChI is InChI=1S/C15H21NO2S/c1-4-5-6-7-8-13-16(3)19(17,18)15-11-9-14(2)10-12-15/h9-12H,4-7H2,1-3H3. The Morgan fingerprint density at radius 1 is 1.16 bits per heavy atom. The zero-order valence-electron chi connectivity index (χ0n) is 11.8. The zero-order chi connectivity index (χ0) is 14.3. The first-order chi connectivity index (χ1) is 8.98. The molecular formula is C15H21NO2S. The van der Waals surface area contributed by atoms with Crippen LogP contribution < -0.4 is 0 Å². The van der Waals surface area contributed by atoms with Gasteiger partial charge in [0.15, 0.2) is 0 Å². The molecule has 3 nitrogen and oxygen atoms in total. The van der Waals surface area contributed by atoms with Crippen molar-refractivity contribution >= 4 is 10.0 Å². The van der Waals surface area contributed by atoms with Crippen LogP contribution in [0.25, 0.3) is 0 Å². The molecule has 0 unspecified atom stereocenters. The number of hydrogen-bond donors (Lipinski definition) is 0. The van der Waals surface area contributed by atoms with E-state index in [1.807, 2.05) is 6.92 Å². The van der Waals surface area contributed by atoms with Gasteiger partial charge < -0.3 is 0 Å². The molecule has 0 N–H and O–H groups in total. The van der Waals surface area contributed by atoms with Crippen LogP contribution >= 0.6 is 0 Å². The molecule has 1 aromatic rings. The zero-order valence-corrected chi connectivity index (χ0v) is 12.6. The van der Waals surface area contributed by atoms with Crippen molar-refractivity contribution < 1.29 is 8.42 Å². The van der Waals surface area contributed by atoms with Gasteiger partial charge in [0.25, 0.3) is 10.0 Å². The third-order valence-electron chi connectivity index (χ3n) is 2.82. The van der Waals surface area contributed by atoms with Crippen molar-refractivity contribution in [1.82, 2.24) is 4.31 Å². The van der Waals surface area contributed by atoms with Crippen LogP contribution in [-0.2, 0) is 10.0 Å². The van der Waals surface area contributed by atoms with Crippen molar-refractivity contribution in [2.45, 2.75) is 44.4 Å². The van der Waals surface area contributed by atoms with E-state index in [2.05, 4.69) is 18.9 Å². The Morgan fingerprint density at radius 3 is 2.37 bits per heavy atom. The molecular weight excluding hydrogens is 258 g/mol. The molecule has 0 aliphatic heterocycles. The lowest BCUT2D eigenvalue weighted by atomic mass is 10.2. The molecule has 1 aromatic carbocycles. The van der Waals surface area contributed by atoms with Crippen LogP contribution in [0, 0.1) is 18.9 Å². The van der Waals surface area contributed by atoms with E-state index in [-0.39, 0.29) is 4.90 Å². The van der Waals surface area contributed by atoms with Crippen molar-refractivity contribution in [3.05, 3.63) is 29.8 Å². The molecule has 1 rings (SSSR count). The van der Waals surface area contributed by atoms with E-state index in [4.69, 9.17) is 0 Å². The second-order valence-corrected chi connectivity index (χ2v) is 6.50. The minimum Gasteiger partial charge on any atom is -0.228 e. The number of aryl methyl sites for hydroxylation is 1. The molecule has 0 fully saturated rings. The van der Waals surface area contributed by atoms with Gasteiger partial charge in [-0.25, -0.2) is 12.7 Å². The second kappa shape index (κ2) is 7.20. The fraction of sp³-hybridized carbons (Fsp3) is 0.467. The van der Waals surface area contributed by atoms with Gasteiger partial charge in [-0.05, 0) is 25.5 Å². The molecule has 104 valence electrons. The first-order valence-electron chi connectivity index (χ1n) is 6.52. The maximum Gasteiger partial charge on any atom is 0.270 e. The fourth-order valence-corrected chi connectivity index (χ4v) is 2.54. The van der Waals surface area contributed by atoms with Crippen LogP contribution in [0.15, 0.2) is 29.2 Å². The van der Waals surface area contributed by atoms with Crippen LogP contribution in [-0.4, -0.2) is 19.8 Å². The van der Waals surface area contributed by atoms with Gasteiger partial charge in [0.2, 0.25) is 0 Å². The van der Waals surface area contributed by atoms with Crippen molar-refractivity contribution in [3.8, 4) is 12.0 Å². The Labute approximate surface area is 116 Å². The van der Waals surface area contributed by atoms with Gasteiger partial charge >= 0.3 is 0 Å². The maximum absolute atomic E-state index is 12.2. The summed E-state index contributed by atoms with van der Waals surface area (Å²) in [6.45, 7) is 4.05. The summed E-state index contributed by atoms with van der Waals surface area (Å²) in [6, 6.07) is 9.49. The second-order valence-electron chi connectivity index (χ2n) is 4.53. The van der Waals surface area contributed by atoms with Gasteiger partial charge in [0, 0.05) is 19.5 Å². The van der Waals surface area contributed by atoms with Gasteiger partial charge in [0.05, 0.1) is 4.90 Å². The Hall–Kier alpha value is -1.47. The van der Waals surface area contributed by atoms with Gasteiger partial charge in [-0.3, -0.25) is 0 Å². The molecule has 0 bridgehead atoms. The van der Waals surface area contributed by atoms with E-state index in [1.54, 1.807) is 24.3 Å². The predicted molar refractivity (Wildman–Crippen MR) is 78.0 cm³/mol. The highest BCUT2D eigenvalue weighted by Crippen LogP contribution is 2.14. The molecule has 0 radical (unpaired) electrons. The molecule has 19 heavy (non-hydrogen) atoms. The Kier molecular flexibility index (Phi) is 5.91. The highest BCUT2D eigenvalue weighted by Gasteiger charge is 2.17. The number of hydrogen-bond acceptors (Lipinski definition) is 2. The largest absolute Gasteiger partial charge is 0.270 e. The highest BCUT2D eigenvalue weighted by atomic mass is 32.2. The third kappa shape index (κ3) is 4.60. The number of rotatable bonds is 5. The summed E-state index contributed by atoms with van der Waals surface area (Å²) in [5.41, 5.74) is 1.03. The average Bonchev–Trinajstić information content (AvgIpc) is 2.38. The van der Waals surface area contributed by atoms with E-state index in [1.165, 1.54) is 7.05 Å². The molecule has 0 saturated heterocycles. The first-order valence-corrected chi connectivity index (χ1v) is 7.96. The summed E-state index contributed by atoms with van der Waals surface area (Å²) in [5, 5.41) is 0. The van der Waals surface area contributed by atoms with Gasteiger partial charge in [-0.2, -0.15) is 0 Å². The summed E-state index contributed by atoms with van der Waals surface area (Å²) in [7, 11) is -2.00. The Balaban J connectivity index is 2.74. The van der Waals surface area contributed by atoms with Crippen LogP contribution in [0.5, 0.6) is 0 Å². The van der Waals surface area contributed by atoms with Gasteiger partial charge in [-0.1, -0.05) is 43.4 Å². The maximum atomic E-state index is 12.2. The van der Waals surface area contributed by atoms with Crippen molar-refractivity contribution in [2.75, 3.05) is 7.05 Å². The van der Waals surface area contributed by atoms with Crippen LogP contribution in [0.1, 0.15) is 38.2 Å². The number of unbranched alkanes of at least 4 members (excludes halogenated alkanes) is 3. The first kappa shape index (κ1) is 15.6.